The van der Waals surface area contributed by atoms with Gasteiger partial charge in [-0.3, -0.25) is 0 Å². The first-order chi connectivity index (χ1) is 19.3. The van der Waals surface area contributed by atoms with Gasteiger partial charge >= 0.3 is 0 Å². The largest absolute Gasteiger partial charge is 0.379 e. The Morgan fingerprint density at radius 3 is 1.00 bits per heavy atom. The van der Waals surface area contributed by atoms with E-state index in [1.807, 2.05) is 0 Å². The molecule has 39 heavy (non-hydrogen) atoms. The molecule has 0 saturated heterocycles. The van der Waals surface area contributed by atoms with Crippen molar-refractivity contribution >= 4 is 0 Å². The van der Waals surface area contributed by atoms with Gasteiger partial charge in [-0.05, 0) is 32.7 Å². The van der Waals surface area contributed by atoms with Crippen molar-refractivity contribution in [2.24, 2.45) is 5.73 Å². The smallest absolute Gasteiger partial charge is 0.0547 e. The van der Waals surface area contributed by atoms with E-state index >= 15 is 0 Å². The minimum Gasteiger partial charge on any atom is -0.379 e. The zero-order valence-electron chi connectivity index (χ0n) is 27.6. The van der Waals surface area contributed by atoms with Crippen LogP contribution < -0.4 is 5.73 Å². The predicted molar refractivity (Wildman–Crippen MR) is 178 cm³/mol. The Morgan fingerprint density at radius 1 is 0.385 bits per heavy atom. The summed E-state index contributed by atoms with van der Waals surface area (Å²) in [5.41, 5.74) is 5.55. The summed E-state index contributed by atoms with van der Waals surface area (Å²) < 4.78 is 6.02. The first-order valence-corrected chi connectivity index (χ1v) is 18.6. The lowest BCUT2D eigenvalue weighted by Gasteiger charge is -2.13. The standard InChI is InChI=1S/C37H77NO/c1-3-4-5-6-27-30-33-36-39-37(2)34-31-28-25-23-21-19-17-15-13-11-9-7-8-10-12-14-16-18-20-22-24-26-29-32-35-38/h37H,3-36,38H2,1-2H3. The van der Waals surface area contributed by atoms with Crippen LogP contribution in [0, 0.1) is 0 Å². The average molecular weight is 552 g/mol. The second-order valence-corrected chi connectivity index (χ2v) is 12.9. The Bertz CT molecular complexity index is 412. The Kier molecular flexibility index (Phi) is 35.9. The fraction of sp³-hybridized carbons (Fsp3) is 1.00. The molecule has 236 valence electrons. The molecule has 2 nitrogen and oxygen atoms in total. The normalized spacial score (nSPS) is 12.4. The second kappa shape index (κ2) is 35.9. The van der Waals surface area contributed by atoms with Crippen molar-refractivity contribution < 1.29 is 4.74 Å². The van der Waals surface area contributed by atoms with Gasteiger partial charge < -0.3 is 10.5 Å². The third-order valence-corrected chi connectivity index (χ3v) is 8.72. The molecule has 0 radical (unpaired) electrons. The molecule has 0 aromatic heterocycles. The van der Waals surface area contributed by atoms with E-state index in [0.717, 1.165) is 13.2 Å². The van der Waals surface area contributed by atoms with Crippen LogP contribution >= 0.6 is 0 Å². The molecular weight excluding hydrogens is 474 g/mol. The van der Waals surface area contributed by atoms with E-state index in [1.165, 1.54) is 205 Å². The molecule has 1 unspecified atom stereocenters. The van der Waals surface area contributed by atoms with E-state index in [1.54, 1.807) is 0 Å². The van der Waals surface area contributed by atoms with Crippen LogP contribution in [0.3, 0.4) is 0 Å². The van der Waals surface area contributed by atoms with E-state index in [2.05, 4.69) is 13.8 Å². The fourth-order valence-electron chi connectivity index (χ4n) is 5.89. The van der Waals surface area contributed by atoms with Crippen LogP contribution in [-0.4, -0.2) is 19.3 Å². The summed E-state index contributed by atoms with van der Waals surface area (Å²) in [5.74, 6) is 0. The second-order valence-electron chi connectivity index (χ2n) is 12.9. The molecule has 0 aliphatic heterocycles. The van der Waals surface area contributed by atoms with Gasteiger partial charge in [-0.25, -0.2) is 0 Å². The summed E-state index contributed by atoms with van der Waals surface area (Å²) in [6.07, 6.45) is 45.8. The minimum atomic E-state index is 0.465. The summed E-state index contributed by atoms with van der Waals surface area (Å²) in [5, 5.41) is 0. The number of unbranched alkanes of at least 4 members (excludes halogenated alkanes) is 29. The lowest BCUT2D eigenvalue weighted by atomic mass is 10.0. The highest BCUT2D eigenvalue weighted by atomic mass is 16.5. The number of ether oxygens (including phenoxy) is 1. The molecule has 0 aliphatic carbocycles. The van der Waals surface area contributed by atoms with E-state index in [-0.39, 0.29) is 0 Å². The van der Waals surface area contributed by atoms with Crippen molar-refractivity contribution in [3.05, 3.63) is 0 Å². The molecule has 0 aliphatic rings. The van der Waals surface area contributed by atoms with Crippen LogP contribution in [0.25, 0.3) is 0 Å². The van der Waals surface area contributed by atoms with Gasteiger partial charge in [0.1, 0.15) is 0 Å². The Hall–Kier alpha value is -0.0800. The molecule has 2 heteroatoms. The topological polar surface area (TPSA) is 35.2 Å². The lowest BCUT2D eigenvalue weighted by molar-refractivity contribution is 0.0557. The maximum Gasteiger partial charge on any atom is 0.0547 e. The first kappa shape index (κ1) is 38.9. The van der Waals surface area contributed by atoms with E-state index < -0.39 is 0 Å². The third-order valence-electron chi connectivity index (χ3n) is 8.72. The molecule has 1 atom stereocenters. The lowest BCUT2D eigenvalue weighted by Crippen LogP contribution is -2.09. The number of nitrogens with two attached hydrogens (primary N) is 1. The van der Waals surface area contributed by atoms with Crippen LogP contribution in [0.2, 0.25) is 0 Å². The maximum absolute atomic E-state index is 6.02. The maximum atomic E-state index is 6.02. The third kappa shape index (κ3) is 35.9. The van der Waals surface area contributed by atoms with Crippen LogP contribution in [0.5, 0.6) is 0 Å². The van der Waals surface area contributed by atoms with Gasteiger partial charge in [0.25, 0.3) is 0 Å². The average Bonchev–Trinajstić information content (AvgIpc) is 2.94. The summed E-state index contributed by atoms with van der Waals surface area (Å²) in [6.45, 7) is 6.42. The summed E-state index contributed by atoms with van der Waals surface area (Å²) >= 11 is 0. The molecule has 0 heterocycles. The van der Waals surface area contributed by atoms with Gasteiger partial charge in [-0.2, -0.15) is 0 Å². The molecule has 0 aromatic carbocycles. The van der Waals surface area contributed by atoms with E-state index in [4.69, 9.17) is 10.5 Å². The number of hydrogen-bond donors (Lipinski definition) is 1. The molecule has 0 saturated carbocycles. The van der Waals surface area contributed by atoms with Crippen LogP contribution in [0.1, 0.15) is 219 Å². The highest BCUT2D eigenvalue weighted by molar-refractivity contribution is 4.55. The van der Waals surface area contributed by atoms with Gasteiger partial charge in [0.15, 0.2) is 0 Å². The summed E-state index contributed by atoms with van der Waals surface area (Å²) in [6, 6.07) is 0. The van der Waals surface area contributed by atoms with Gasteiger partial charge in [-0.1, -0.05) is 193 Å². The molecule has 0 spiro atoms. The molecule has 0 rings (SSSR count). The van der Waals surface area contributed by atoms with Crippen molar-refractivity contribution in [2.75, 3.05) is 13.2 Å². The van der Waals surface area contributed by atoms with Crippen molar-refractivity contribution in [2.45, 2.75) is 225 Å². The van der Waals surface area contributed by atoms with Crippen molar-refractivity contribution in [3.63, 3.8) is 0 Å². The van der Waals surface area contributed by atoms with Crippen molar-refractivity contribution in [1.82, 2.24) is 0 Å². The first-order valence-electron chi connectivity index (χ1n) is 18.6. The quantitative estimate of drug-likeness (QED) is 0.0795. The molecule has 2 N–H and O–H groups in total. The van der Waals surface area contributed by atoms with Crippen LogP contribution in [-0.2, 0) is 4.74 Å². The summed E-state index contributed by atoms with van der Waals surface area (Å²) in [7, 11) is 0. The SMILES string of the molecule is CCCCCCCCCOC(C)CCCCCCCCCCCCCCCCCCCCCCCCCCN. The van der Waals surface area contributed by atoms with Gasteiger partial charge in [0.05, 0.1) is 6.10 Å². The van der Waals surface area contributed by atoms with Crippen LogP contribution in [0.4, 0.5) is 0 Å². The zero-order chi connectivity index (χ0) is 28.3. The monoisotopic (exact) mass is 552 g/mol. The van der Waals surface area contributed by atoms with E-state index in [9.17, 15) is 0 Å². The highest BCUT2D eigenvalue weighted by Crippen LogP contribution is 2.16. The molecule has 0 bridgehead atoms. The predicted octanol–water partition coefficient (Wildman–Crippen LogP) is 12.9. The fourth-order valence-corrected chi connectivity index (χ4v) is 5.89. The van der Waals surface area contributed by atoms with Gasteiger partial charge in [0, 0.05) is 6.61 Å². The van der Waals surface area contributed by atoms with E-state index in [0.29, 0.717) is 6.10 Å². The highest BCUT2D eigenvalue weighted by Gasteiger charge is 2.02. The molecule has 0 fully saturated rings. The minimum absolute atomic E-state index is 0.465. The Labute approximate surface area is 248 Å². The summed E-state index contributed by atoms with van der Waals surface area (Å²) in [4.78, 5) is 0. The molecule has 0 aromatic rings. The van der Waals surface area contributed by atoms with Gasteiger partial charge in [0.2, 0.25) is 0 Å². The molecular formula is C37H77NO. The number of hydrogen-bond acceptors (Lipinski definition) is 2. The van der Waals surface area contributed by atoms with Crippen molar-refractivity contribution in [3.8, 4) is 0 Å². The van der Waals surface area contributed by atoms with Gasteiger partial charge in [-0.15, -0.1) is 0 Å². The Balaban J connectivity index is 3.10. The van der Waals surface area contributed by atoms with Crippen molar-refractivity contribution in [1.29, 1.82) is 0 Å². The van der Waals surface area contributed by atoms with Crippen LogP contribution in [0.15, 0.2) is 0 Å². The molecule has 0 amide bonds. The number of rotatable bonds is 35. The zero-order valence-corrected chi connectivity index (χ0v) is 27.6. The Morgan fingerprint density at radius 2 is 0.667 bits per heavy atom.